The Morgan fingerprint density at radius 3 is 1.57 bits per heavy atom. The van der Waals surface area contributed by atoms with Crippen molar-refractivity contribution in [1.82, 2.24) is 9.55 Å². The van der Waals surface area contributed by atoms with E-state index in [9.17, 15) is 0 Å². The molecule has 3 heteroatoms. The van der Waals surface area contributed by atoms with Crippen molar-refractivity contribution in [3.05, 3.63) is 182 Å². The van der Waals surface area contributed by atoms with Gasteiger partial charge in [-0.2, -0.15) is 0 Å². The summed E-state index contributed by atoms with van der Waals surface area (Å²) in [6, 6.07) is 64.2. The van der Waals surface area contributed by atoms with E-state index >= 15 is 0 Å². The smallest absolute Gasteiger partial charge is 0.179 e. The first kappa shape index (κ1) is 26.1. The van der Waals surface area contributed by atoms with E-state index in [-0.39, 0.29) is 0 Å². The molecular weight excluding hydrogens is 549 g/mol. The maximum atomic E-state index is 4.85. The lowest BCUT2D eigenvalue weighted by Crippen LogP contribution is -2.74. The maximum absolute atomic E-state index is 4.85. The largest absolute Gasteiger partial charge is 0.308 e. The Bertz CT molecular complexity index is 2150. The zero-order chi connectivity index (χ0) is 29.3. The van der Waals surface area contributed by atoms with Crippen molar-refractivity contribution in [2.75, 3.05) is 0 Å². The summed E-state index contributed by atoms with van der Waals surface area (Å²) in [5, 5.41) is 6.58. The molecule has 6 aromatic carbocycles. The summed E-state index contributed by atoms with van der Waals surface area (Å²) in [4.78, 5) is 4.85. The Kier molecular flexibility index (Phi) is 6.51. The average molecular weight is 579 g/mol. The molecule has 0 saturated carbocycles. The molecule has 0 spiro atoms. The van der Waals surface area contributed by atoms with Gasteiger partial charge in [0, 0.05) is 17.3 Å². The van der Waals surface area contributed by atoms with Crippen molar-refractivity contribution in [3.8, 4) is 16.8 Å². The summed E-state index contributed by atoms with van der Waals surface area (Å²) in [6.45, 7) is 0. The zero-order valence-corrected chi connectivity index (χ0v) is 25.2. The first-order chi connectivity index (χ1) is 21.8. The van der Waals surface area contributed by atoms with E-state index < -0.39 is 8.07 Å². The van der Waals surface area contributed by atoms with Crippen LogP contribution >= 0.6 is 0 Å². The highest BCUT2D eigenvalue weighted by molar-refractivity contribution is 7.20. The Morgan fingerprint density at radius 1 is 0.409 bits per heavy atom. The molecule has 2 heterocycles. The SMILES string of the molecule is c1ccc(-c2ccc([Si](c3ccccc3)(c3ccccc3)c3ccc4c5ncccc5n(-c5ccccc5)c4c3)cc2)cc1. The molecule has 0 saturated heterocycles. The molecule has 0 unspecified atom stereocenters. The van der Waals surface area contributed by atoms with E-state index in [1.54, 1.807) is 0 Å². The van der Waals surface area contributed by atoms with Crippen LogP contribution in [-0.4, -0.2) is 17.6 Å². The second kappa shape index (κ2) is 11.0. The average Bonchev–Trinajstić information content (AvgIpc) is 3.44. The van der Waals surface area contributed by atoms with Crippen molar-refractivity contribution >= 4 is 50.8 Å². The van der Waals surface area contributed by atoms with Gasteiger partial charge < -0.3 is 4.57 Å². The lowest BCUT2D eigenvalue weighted by atomic mass is 10.1. The van der Waals surface area contributed by atoms with Gasteiger partial charge in [-0.1, -0.05) is 146 Å². The number of benzene rings is 6. The van der Waals surface area contributed by atoms with Crippen LogP contribution in [0.5, 0.6) is 0 Å². The molecule has 208 valence electrons. The van der Waals surface area contributed by atoms with Gasteiger partial charge in [0.1, 0.15) is 0 Å². The van der Waals surface area contributed by atoms with E-state index in [1.807, 2.05) is 12.3 Å². The van der Waals surface area contributed by atoms with Gasteiger partial charge >= 0.3 is 0 Å². The Balaban J connectivity index is 1.46. The van der Waals surface area contributed by atoms with Crippen molar-refractivity contribution in [2.24, 2.45) is 0 Å². The minimum absolute atomic E-state index is 1.02. The Morgan fingerprint density at radius 2 is 0.932 bits per heavy atom. The quantitative estimate of drug-likeness (QED) is 0.150. The second-order valence-corrected chi connectivity index (χ2v) is 15.0. The number of para-hydroxylation sites is 1. The molecule has 8 rings (SSSR count). The molecule has 0 bridgehead atoms. The second-order valence-electron chi connectivity index (χ2n) is 11.2. The lowest BCUT2D eigenvalue weighted by molar-refractivity contribution is 1.18. The van der Waals surface area contributed by atoms with E-state index in [0.717, 1.165) is 22.1 Å². The molecule has 0 N–H and O–H groups in total. The minimum Gasteiger partial charge on any atom is -0.308 e. The number of rotatable bonds is 6. The number of aromatic nitrogens is 2. The van der Waals surface area contributed by atoms with Gasteiger partial charge in [-0.15, -0.1) is 0 Å². The summed E-state index contributed by atoms with van der Waals surface area (Å²) >= 11 is 0. The van der Waals surface area contributed by atoms with Crippen LogP contribution in [0.4, 0.5) is 0 Å². The van der Waals surface area contributed by atoms with Crippen molar-refractivity contribution in [1.29, 1.82) is 0 Å². The molecule has 2 nitrogen and oxygen atoms in total. The van der Waals surface area contributed by atoms with Crippen LogP contribution in [0.15, 0.2) is 182 Å². The topological polar surface area (TPSA) is 17.8 Å². The van der Waals surface area contributed by atoms with E-state index in [1.165, 1.54) is 37.4 Å². The summed E-state index contributed by atoms with van der Waals surface area (Å²) in [5.41, 5.74) is 6.90. The van der Waals surface area contributed by atoms with Crippen LogP contribution in [0.25, 0.3) is 38.8 Å². The number of hydrogen-bond donors (Lipinski definition) is 0. The highest BCUT2D eigenvalue weighted by Crippen LogP contribution is 2.30. The number of fused-ring (bicyclic) bond motifs is 3. The van der Waals surface area contributed by atoms with Gasteiger partial charge in [0.25, 0.3) is 0 Å². The fourth-order valence-electron chi connectivity index (χ4n) is 6.84. The Hall–Kier alpha value is -5.51. The standard InChI is InChI=1S/C41H30N2Si/c1-5-14-31(15-6-1)32-23-25-36(26-24-32)44(34-18-9-3-10-19-34,35-20-11-4-12-21-35)37-27-28-38-40(30-37)43(33-16-7-2-8-17-33)39-22-13-29-42-41(38)39/h1-30H. The predicted molar refractivity (Wildman–Crippen MR) is 188 cm³/mol. The van der Waals surface area contributed by atoms with Crippen LogP contribution < -0.4 is 20.7 Å². The van der Waals surface area contributed by atoms with Gasteiger partial charge in [-0.05, 0) is 62.2 Å². The zero-order valence-electron chi connectivity index (χ0n) is 24.2. The predicted octanol–water partition coefficient (Wildman–Crippen LogP) is 7.22. The molecule has 2 aromatic heterocycles. The van der Waals surface area contributed by atoms with Crippen molar-refractivity contribution < 1.29 is 0 Å². The molecule has 0 radical (unpaired) electrons. The number of hydrogen-bond acceptors (Lipinski definition) is 1. The van der Waals surface area contributed by atoms with E-state index in [4.69, 9.17) is 4.98 Å². The molecular formula is C41H30N2Si. The normalized spacial score (nSPS) is 11.6. The van der Waals surface area contributed by atoms with Crippen LogP contribution in [-0.2, 0) is 0 Å². The molecule has 0 aliphatic carbocycles. The maximum Gasteiger partial charge on any atom is 0.179 e. The highest BCUT2D eigenvalue weighted by atomic mass is 28.3. The van der Waals surface area contributed by atoms with Gasteiger partial charge in [0.2, 0.25) is 0 Å². The van der Waals surface area contributed by atoms with Crippen molar-refractivity contribution in [2.45, 2.75) is 0 Å². The monoisotopic (exact) mass is 578 g/mol. The first-order valence-corrected chi connectivity index (χ1v) is 17.1. The van der Waals surface area contributed by atoms with Crippen LogP contribution in [0, 0.1) is 0 Å². The number of pyridine rings is 1. The van der Waals surface area contributed by atoms with E-state index in [0.29, 0.717) is 0 Å². The van der Waals surface area contributed by atoms with Crippen molar-refractivity contribution in [3.63, 3.8) is 0 Å². The minimum atomic E-state index is -2.75. The third-order valence-electron chi connectivity index (χ3n) is 8.81. The highest BCUT2D eigenvalue weighted by Gasteiger charge is 2.41. The molecule has 0 atom stereocenters. The van der Waals surface area contributed by atoms with Crippen LogP contribution in [0.1, 0.15) is 0 Å². The van der Waals surface area contributed by atoms with Gasteiger partial charge in [0.15, 0.2) is 8.07 Å². The van der Waals surface area contributed by atoms with Gasteiger partial charge in [-0.3, -0.25) is 4.98 Å². The molecule has 0 fully saturated rings. The third kappa shape index (κ3) is 4.21. The van der Waals surface area contributed by atoms with Crippen LogP contribution in [0.3, 0.4) is 0 Å². The van der Waals surface area contributed by atoms with Gasteiger partial charge in [-0.25, -0.2) is 0 Å². The lowest BCUT2D eigenvalue weighted by Gasteiger charge is -2.34. The van der Waals surface area contributed by atoms with Crippen LogP contribution in [0.2, 0.25) is 0 Å². The van der Waals surface area contributed by atoms with Gasteiger partial charge in [0.05, 0.1) is 16.6 Å². The fourth-order valence-corrected chi connectivity index (χ4v) is 11.6. The fraction of sp³-hybridized carbons (Fsp3) is 0. The summed E-state index contributed by atoms with van der Waals surface area (Å²) in [7, 11) is -2.75. The summed E-state index contributed by atoms with van der Waals surface area (Å²) in [5.74, 6) is 0. The first-order valence-electron chi connectivity index (χ1n) is 15.1. The Labute approximate surface area is 258 Å². The molecule has 44 heavy (non-hydrogen) atoms. The molecule has 0 amide bonds. The third-order valence-corrected chi connectivity index (χ3v) is 13.6. The summed E-state index contributed by atoms with van der Waals surface area (Å²) in [6.07, 6.45) is 1.90. The molecule has 0 aliphatic heterocycles. The summed E-state index contributed by atoms with van der Waals surface area (Å²) < 4.78 is 2.37. The van der Waals surface area contributed by atoms with E-state index in [2.05, 4.69) is 174 Å². The number of nitrogens with zero attached hydrogens (tertiary/aromatic N) is 2. The molecule has 0 aliphatic rings. The molecule has 8 aromatic rings.